The van der Waals surface area contributed by atoms with Crippen LogP contribution in [0.2, 0.25) is 0 Å². The number of ether oxygens (including phenoxy) is 2. The summed E-state index contributed by atoms with van der Waals surface area (Å²) in [6.45, 7) is 3.19. The summed E-state index contributed by atoms with van der Waals surface area (Å²) in [4.78, 5) is 7.95. The van der Waals surface area contributed by atoms with E-state index >= 15 is 0 Å². The van der Waals surface area contributed by atoms with E-state index in [9.17, 15) is 13.2 Å². The summed E-state index contributed by atoms with van der Waals surface area (Å²) in [7, 11) is 5.14. The number of alkyl halides is 3. The van der Waals surface area contributed by atoms with E-state index in [1.54, 1.807) is 14.2 Å². The molecule has 1 unspecified atom stereocenters. The van der Waals surface area contributed by atoms with Gasteiger partial charge in [-0.2, -0.15) is 13.2 Å². The number of nitrogens with zero attached hydrogens (tertiary/aromatic N) is 3. The van der Waals surface area contributed by atoms with E-state index in [2.05, 4.69) is 10.3 Å². The predicted molar refractivity (Wildman–Crippen MR) is 123 cm³/mol. The lowest BCUT2D eigenvalue weighted by molar-refractivity contribution is -0.143. The standard InChI is InChI=1S/C20H31F3N4O2.HI/c1-5-24-19(25-16-9-11-27(13-16)14-20(21,22)23)26(2)10-8-15-6-7-17(28-3)18(12-15)29-4;/h6-7,12,16H,5,8-11,13-14H2,1-4H3,(H,24,25);1H. The second-order valence-electron chi connectivity index (χ2n) is 7.14. The van der Waals surface area contributed by atoms with Crippen LogP contribution in [0.5, 0.6) is 11.5 Å². The SMILES string of the molecule is CCN=C(NC1CCN(CC(F)(F)F)C1)N(C)CCc1ccc(OC)c(OC)c1.I. The Kier molecular flexibility index (Phi) is 11.0. The molecule has 1 aliphatic rings. The van der Waals surface area contributed by atoms with Crippen LogP contribution in [0.4, 0.5) is 13.2 Å². The molecule has 1 N–H and O–H groups in total. The van der Waals surface area contributed by atoms with Crippen LogP contribution in [0.15, 0.2) is 23.2 Å². The van der Waals surface area contributed by atoms with Gasteiger partial charge in [0.2, 0.25) is 0 Å². The third-order valence-electron chi connectivity index (χ3n) is 4.86. The summed E-state index contributed by atoms with van der Waals surface area (Å²) < 4.78 is 48.4. The van der Waals surface area contributed by atoms with E-state index < -0.39 is 12.7 Å². The molecule has 10 heteroatoms. The zero-order valence-electron chi connectivity index (χ0n) is 18.0. The van der Waals surface area contributed by atoms with Crippen LogP contribution >= 0.6 is 24.0 Å². The minimum Gasteiger partial charge on any atom is -0.493 e. The highest BCUT2D eigenvalue weighted by Gasteiger charge is 2.34. The largest absolute Gasteiger partial charge is 0.493 e. The van der Waals surface area contributed by atoms with Crippen LogP contribution in [0.1, 0.15) is 18.9 Å². The number of aliphatic imine (C=N–C) groups is 1. The number of likely N-dealkylation sites (tertiary alicyclic amines) is 1. The number of hydrogen-bond acceptors (Lipinski definition) is 4. The number of guanidine groups is 1. The maximum atomic E-state index is 12.6. The van der Waals surface area contributed by atoms with Crippen LogP contribution in [0.25, 0.3) is 0 Å². The Balaban J connectivity index is 0.00000450. The van der Waals surface area contributed by atoms with Crippen LogP contribution in [0, 0.1) is 0 Å². The minimum absolute atomic E-state index is 0. The number of likely N-dealkylation sites (N-methyl/N-ethyl adjacent to an activating group) is 1. The van der Waals surface area contributed by atoms with E-state index in [4.69, 9.17) is 9.47 Å². The van der Waals surface area contributed by atoms with Crippen LogP contribution in [0.3, 0.4) is 0 Å². The maximum Gasteiger partial charge on any atom is 0.401 e. The first-order valence-corrected chi connectivity index (χ1v) is 9.77. The number of halogens is 4. The molecule has 1 atom stereocenters. The monoisotopic (exact) mass is 544 g/mol. The van der Waals surface area contributed by atoms with Gasteiger partial charge in [0.1, 0.15) is 0 Å². The van der Waals surface area contributed by atoms with Gasteiger partial charge < -0.3 is 19.7 Å². The van der Waals surface area contributed by atoms with Crippen molar-refractivity contribution in [2.75, 3.05) is 54.0 Å². The fraction of sp³-hybridized carbons (Fsp3) is 0.650. The summed E-state index contributed by atoms with van der Waals surface area (Å²) in [5.41, 5.74) is 1.10. The van der Waals surface area contributed by atoms with Crippen molar-refractivity contribution in [1.82, 2.24) is 15.1 Å². The van der Waals surface area contributed by atoms with Crippen molar-refractivity contribution in [2.24, 2.45) is 4.99 Å². The molecule has 30 heavy (non-hydrogen) atoms. The molecule has 0 radical (unpaired) electrons. The van der Waals surface area contributed by atoms with Crippen molar-refractivity contribution in [1.29, 1.82) is 0 Å². The Bertz CT molecular complexity index is 689. The second-order valence-corrected chi connectivity index (χ2v) is 7.14. The lowest BCUT2D eigenvalue weighted by Gasteiger charge is -2.26. The smallest absolute Gasteiger partial charge is 0.401 e. The molecule has 1 fully saturated rings. The zero-order valence-corrected chi connectivity index (χ0v) is 20.3. The van der Waals surface area contributed by atoms with Gasteiger partial charge in [-0.1, -0.05) is 6.07 Å². The zero-order chi connectivity index (χ0) is 21.4. The van der Waals surface area contributed by atoms with E-state index in [1.807, 2.05) is 37.1 Å². The average molecular weight is 544 g/mol. The summed E-state index contributed by atoms with van der Waals surface area (Å²) in [5, 5.41) is 3.33. The summed E-state index contributed by atoms with van der Waals surface area (Å²) in [6.07, 6.45) is -2.72. The Morgan fingerprint density at radius 3 is 2.57 bits per heavy atom. The summed E-state index contributed by atoms with van der Waals surface area (Å²) >= 11 is 0. The molecule has 6 nitrogen and oxygen atoms in total. The molecule has 0 aromatic heterocycles. The molecule has 0 bridgehead atoms. The lowest BCUT2D eigenvalue weighted by Crippen LogP contribution is -2.46. The molecular formula is C20H32F3IN4O2. The van der Waals surface area contributed by atoms with Gasteiger partial charge in [-0.05, 0) is 37.5 Å². The molecule has 1 aliphatic heterocycles. The van der Waals surface area contributed by atoms with Crippen molar-refractivity contribution in [3.8, 4) is 11.5 Å². The average Bonchev–Trinajstić information content (AvgIpc) is 3.10. The molecular weight excluding hydrogens is 512 g/mol. The lowest BCUT2D eigenvalue weighted by atomic mass is 10.1. The van der Waals surface area contributed by atoms with Gasteiger partial charge in [-0.15, -0.1) is 24.0 Å². The molecule has 0 aliphatic carbocycles. The number of methoxy groups -OCH3 is 2. The third kappa shape index (κ3) is 8.37. The Hall–Kier alpha value is -1.43. The number of hydrogen-bond donors (Lipinski definition) is 1. The van der Waals surface area contributed by atoms with Crippen molar-refractivity contribution < 1.29 is 22.6 Å². The van der Waals surface area contributed by atoms with Crippen molar-refractivity contribution >= 4 is 29.9 Å². The molecule has 1 aromatic carbocycles. The van der Waals surface area contributed by atoms with E-state index in [0.29, 0.717) is 50.1 Å². The predicted octanol–water partition coefficient (Wildman–Crippen LogP) is 3.40. The van der Waals surface area contributed by atoms with Crippen molar-refractivity contribution in [3.05, 3.63) is 23.8 Å². The molecule has 1 saturated heterocycles. The van der Waals surface area contributed by atoms with E-state index in [1.165, 1.54) is 4.90 Å². The Labute approximate surface area is 193 Å². The highest BCUT2D eigenvalue weighted by atomic mass is 127. The van der Waals surface area contributed by atoms with Gasteiger partial charge in [-0.3, -0.25) is 9.89 Å². The van der Waals surface area contributed by atoms with Gasteiger partial charge in [0.05, 0.1) is 20.8 Å². The maximum absolute atomic E-state index is 12.6. The van der Waals surface area contributed by atoms with Crippen LogP contribution in [-0.2, 0) is 6.42 Å². The normalized spacial score (nSPS) is 17.4. The molecule has 1 aromatic rings. The Morgan fingerprint density at radius 2 is 1.97 bits per heavy atom. The summed E-state index contributed by atoms with van der Waals surface area (Å²) in [6, 6.07) is 5.78. The molecule has 0 spiro atoms. The van der Waals surface area contributed by atoms with Gasteiger partial charge in [0.25, 0.3) is 0 Å². The topological polar surface area (TPSA) is 49.3 Å². The molecule has 2 rings (SSSR count). The highest BCUT2D eigenvalue weighted by Crippen LogP contribution is 2.27. The fourth-order valence-electron chi connectivity index (χ4n) is 3.40. The number of benzene rings is 1. The highest BCUT2D eigenvalue weighted by molar-refractivity contribution is 14.0. The van der Waals surface area contributed by atoms with E-state index in [-0.39, 0.29) is 30.0 Å². The van der Waals surface area contributed by atoms with Crippen LogP contribution < -0.4 is 14.8 Å². The molecule has 0 saturated carbocycles. The second kappa shape index (κ2) is 12.4. The number of nitrogens with one attached hydrogen (secondary N) is 1. The molecule has 1 heterocycles. The summed E-state index contributed by atoms with van der Waals surface area (Å²) in [5.74, 6) is 2.08. The van der Waals surface area contributed by atoms with Gasteiger partial charge in [0, 0.05) is 39.3 Å². The van der Waals surface area contributed by atoms with Gasteiger partial charge >= 0.3 is 6.18 Å². The van der Waals surface area contributed by atoms with E-state index in [0.717, 1.165) is 12.0 Å². The minimum atomic E-state index is -4.16. The number of rotatable bonds is 8. The van der Waals surface area contributed by atoms with Crippen molar-refractivity contribution in [2.45, 2.75) is 32.0 Å². The third-order valence-corrected chi connectivity index (χ3v) is 4.86. The van der Waals surface area contributed by atoms with Gasteiger partial charge in [0.15, 0.2) is 17.5 Å². The molecule has 0 amide bonds. The Morgan fingerprint density at radius 1 is 1.27 bits per heavy atom. The quantitative estimate of drug-likeness (QED) is 0.309. The first kappa shape index (κ1) is 26.6. The fourth-order valence-corrected chi connectivity index (χ4v) is 3.40. The van der Waals surface area contributed by atoms with Crippen molar-refractivity contribution in [3.63, 3.8) is 0 Å². The van der Waals surface area contributed by atoms with Gasteiger partial charge in [-0.25, -0.2) is 0 Å². The first-order valence-electron chi connectivity index (χ1n) is 9.77. The molecule has 172 valence electrons. The van der Waals surface area contributed by atoms with Crippen LogP contribution in [-0.4, -0.2) is 82.0 Å². The first-order chi connectivity index (χ1) is 13.8.